The van der Waals surface area contributed by atoms with Crippen molar-refractivity contribution < 1.29 is 28.9 Å². The second-order valence-electron chi connectivity index (χ2n) is 19.2. The molecule has 0 rings (SSSR count). The van der Waals surface area contributed by atoms with Gasteiger partial charge in [-0.1, -0.05) is 290 Å². The molecule has 0 saturated heterocycles. The normalized spacial score (nSPS) is 13.9. The Balaban J connectivity index is 4.28. The van der Waals surface area contributed by atoms with E-state index in [2.05, 4.69) is 20.8 Å². The molecule has 0 aliphatic heterocycles. The Kier molecular flexibility index (Phi) is 53.0. The zero-order valence-corrected chi connectivity index (χ0v) is 42.6. The van der Waals surface area contributed by atoms with Gasteiger partial charge in [-0.15, -0.1) is 0 Å². The van der Waals surface area contributed by atoms with Gasteiger partial charge in [-0.2, -0.15) is 0 Å². The van der Waals surface area contributed by atoms with Gasteiger partial charge in [-0.3, -0.25) is 0 Å². The van der Waals surface area contributed by atoms with Gasteiger partial charge in [0.25, 0.3) is 0 Å². The second kappa shape index (κ2) is 52.8. The molecular formula is C54H111O6P. The molecule has 7 heteroatoms. The fourth-order valence-electron chi connectivity index (χ4n) is 8.53. The highest BCUT2D eigenvalue weighted by molar-refractivity contribution is 7.41. The van der Waals surface area contributed by atoms with Crippen LogP contribution in [-0.2, 0) is 13.6 Å². The summed E-state index contributed by atoms with van der Waals surface area (Å²) in [7, 11) is -1.75. The van der Waals surface area contributed by atoms with Gasteiger partial charge in [0.1, 0.15) is 0 Å². The lowest BCUT2D eigenvalue weighted by molar-refractivity contribution is 0.0357. The maximum atomic E-state index is 10.7. The van der Waals surface area contributed by atoms with Crippen molar-refractivity contribution in [3.05, 3.63) is 0 Å². The van der Waals surface area contributed by atoms with E-state index in [4.69, 9.17) is 13.6 Å². The Labute approximate surface area is 384 Å². The van der Waals surface area contributed by atoms with Crippen LogP contribution in [0.25, 0.3) is 0 Å². The van der Waals surface area contributed by atoms with Gasteiger partial charge in [0.15, 0.2) is 0 Å². The molecule has 3 atom stereocenters. The third kappa shape index (κ3) is 51.0. The van der Waals surface area contributed by atoms with E-state index in [1.165, 1.54) is 231 Å². The highest BCUT2D eigenvalue weighted by Gasteiger charge is 2.19. The highest BCUT2D eigenvalue weighted by atomic mass is 31.2. The molecule has 3 unspecified atom stereocenters. The Morgan fingerprint density at radius 1 is 0.246 bits per heavy atom. The lowest BCUT2D eigenvalue weighted by Gasteiger charge is -2.21. The van der Waals surface area contributed by atoms with Gasteiger partial charge < -0.3 is 28.9 Å². The van der Waals surface area contributed by atoms with Gasteiger partial charge in [-0.05, 0) is 19.3 Å². The number of aliphatic hydroxyl groups is 3. The van der Waals surface area contributed by atoms with E-state index in [1.54, 1.807) is 0 Å². The lowest BCUT2D eigenvalue weighted by Crippen LogP contribution is -2.19. The predicted octanol–water partition coefficient (Wildman–Crippen LogP) is 18.0. The molecule has 61 heavy (non-hydrogen) atoms. The zero-order chi connectivity index (χ0) is 44.4. The summed E-state index contributed by atoms with van der Waals surface area (Å²) in [6, 6.07) is 0. The third-order valence-electron chi connectivity index (χ3n) is 12.8. The maximum absolute atomic E-state index is 10.7. The fraction of sp³-hybridized carbons (Fsp3) is 1.00. The summed E-state index contributed by atoms with van der Waals surface area (Å²) in [4.78, 5) is 0. The van der Waals surface area contributed by atoms with Crippen LogP contribution in [0.1, 0.15) is 310 Å². The zero-order valence-electron chi connectivity index (χ0n) is 41.7. The predicted molar refractivity (Wildman–Crippen MR) is 268 cm³/mol. The van der Waals surface area contributed by atoms with Crippen molar-refractivity contribution in [3.63, 3.8) is 0 Å². The molecule has 0 amide bonds. The van der Waals surface area contributed by atoms with Crippen LogP contribution in [0.15, 0.2) is 0 Å². The van der Waals surface area contributed by atoms with E-state index in [9.17, 15) is 15.3 Å². The first kappa shape index (κ1) is 61.2. The molecule has 0 aliphatic carbocycles. The number of hydrogen-bond acceptors (Lipinski definition) is 6. The van der Waals surface area contributed by atoms with Crippen LogP contribution in [0.2, 0.25) is 0 Å². The molecule has 0 radical (unpaired) electrons. The first-order chi connectivity index (χ1) is 30.0. The first-order valence-corrected chi connectivity index (χ1v) is 28.9. The topological polar surface area (TPSA) is 88.4 Å². The molecule has 0 fully saturated rings. The van der Waals surface area contributed by atoms with E-state index in [0.717, 1.165) is 38.5 Å². The largest absolute Gasteiger partial charge is 0.391 e. The summed E-state index contributed by atoms with van der Waals surface area (Å²) in [6.45, 7) is 7.33. The SMILES string of the molecule is CCCCCCCCCCCCCCCCC(O)COP(OCC(O)CCCCCCCCCCCCCCCC)OCC(O)CCCCCCCCCCCCCCCC. The lowest BCUT2D eigenvalue weighted by atomic mass is 10.0. The highest BCUT2D eigenvalue weighted by Crippen LogP contribution is 2.40. The first-order valence-electron chi connectivity index (χ1n) is 27.8. The van der Waals surface area contributed by atoms with Crippen molar-refractivity contribution in [2.75, 3.05) is 19.8 Å². The monoisotopic (exact) mass is 887 g/mol. The summed E-state index contributed by atoms with van der Waals surface area (Å²) in [5.41, 5.74) is 0. The average molecular weight is 887 g/mol. The standard InChI is InChI=1S/C54H111O6P/c1-4-7-10-13-16-19-22-25-28-31-34-37-40-43-46-52(55)49-58-61(59-50-53(56)47-44-41-38-35-32-29-26-23-20-17-14-11-8-5-2)60-51-54(57)48-45-42-39-36-33-30-27-24-21-18-15-12-9-6-3/h52-57H,4-51H2,1-3H3. The van der Waals surface area contributed by atoms with E-state index >= 15 is 0 Å². The molecule has 0 spiro atoms. The van der Waals surface area contributed by atoms with Crippen molar-refractivity contribution in [1.29, 1.82) is 0 Å². The molecule has 0 aromatic rings. The molecule has 3 N–H and O–H groups in total. The third-order valence-corrected chi connectivity index (χ3v) is 13.9. The minimum absolute atomic E-state index is 0.161. The summed E-state index contributed by atoms with van der Waals surface area (Å²) < 4.78 is 17.9. The Morgan fingerprint density at radius 3 is 0.557 bits per heavy atom. The van der Waals surface area contributed by atoms with Gasteiger partial charge in [0.05, 0.1) is 38.1 Å². The van der Waals surface area contributed by atoms with Crippen LogP contribution in [0.4, 0.5) is 0 Å². The average Bonchev–Trinajstić information content (AvgIpc) is 3.26. The molecule has 0 aromatic heterocycles. The van der Waals surface area contributed by atoms with E-state index in [-0.39, 0.29) is 19.8 Å². The number of aliphatic hydroxyl groups excluding tert-OH is 3. The molecule has 0 aromatic carbocycles. The summed E-state index contributed by atoms with van der Waals surface area (Å²) in [5, 5.41) is 32.1. The molecular weight excluding hydrogens is 776 g/mol. The number of rotatable bonds is 54. The van der Waals surface area contributed by atoms with Crippen LogP contribution >= 0.6 is 8.60 Å². The van der Waals surface area contributed by atoms with Crippen molar-refractivity contribution >= 4 is 8.60 Å². The van der Waals surface area contributed by atoms with Crippen LogP contribution in [-0.4, -0.2) is 53.5 Å². The maximum Gasteiger partial charge on any atom is 0.332 e. The minimum Gasteiger partial charge on any atom is -0.391 e. The molecule has 0 heterocycles. The summed E-state index contributed by atoms with van der Waals surface area (Å²) >= 11 is 0. The van der Waals surface area contributed by atoms with Gasteiger partial charge in [-0.25, -0.2) is 0 Å². The van der Waals surface area contributed by atoms with Gasteiger partial charge in [0, 0.05) is 0 Å². The van der Waals surface area contributed by atoms with E-state index in [1.807, 2.05) is 0 Å². The molecule has 0 saturated carbocycles. The molecule has 6 nitrogen and oxygen atoms in total. The minimum atomic E-state index is -1.75. The Morgan fingerprint density at radius 2 is 0.393 bits per heavy atom. The van der Waals surface area contributed by atoms with Crippen LogP contribution in [0.3, 0.4) is 0 Å². The van der Waals surface area contributed by atoms with Crippen molar-refractivity contribution in [2.24, 2.45) is 0 Å². The van der Waals surface area contributed by atoms with E-state index < -0.39 is 26.9 Å². The summed E-state index contributed by atoms with van der Waals surface area (Å²) in [6.07, 6.45) is 55.9. The fourth-order valence-corrected chi connectivity index (χ4v) is 9.63. The number of unbranched alkanes of at least 4 members (excludes halogenated alkanes) is 39. The summed E-state index contributed by atoms with van der Waals surface area (Å²) in [5.74, 6) is 0. The Bertz CT molecular complexity index is 689. The van der Waals surface area contributed by atoms with Gasteiger partial charge >= 0.3 is 8.60 Å². The smallest absolute Gasteiger partial charge is 0.332 e. The van der Waals surface area contributed by atoms with Crippen LogP contribution in [0, 0.1) is 0 Å². The van der Waals surface area contributed by atoms with Crippen molar-refractivity contribution in [1.82, 2.24) is 0 Å². The number of hydrogen-bond donors (Lipinski definition) is 3. The Hall–Kier alpha value is 0.190. The van der Waals surface area contributed by atoms with Crippen molar-refractivity contribution in [3.8, 4) is 0 Å². The molecule has 0 bridgehead atoms. The van der Waals surface area contributed by atoms with Crippen LogP contribution in [0.5, 0.6) is 0 Å². The molecule has 0 aliphatic rings. The van der Waals surface area contributed by atoms with Gasteiger partial charge in [0.2, 0.25) is 0 Å². The molecule has 368 valence electrons. The van der Waals surface area contributed by atoms with Crippen molar-refractivity contribution in [2.45, 2.75) is 328 Å². The van der Waals surface area contributed by atoms with E-state index in [0.29, 0.717) is 19.3 Å². The van der Waals surface area contributed by atoms with Crippen LogP contribution < -0.4 is 0 Å². The quantitative estimate of drug-likeness (QED) is 0.0417. The second-order valence-corrected chi connectivity index (χ2v) is 20.4.